The number of nitriles is 1. The normalized spacial score (nSPS) is 15.6. The molecule has 0 spiro atoms. The number of amides is 1. The maximum Gasteiger partial charge on any atom is 0.231 e. The Morgan fingerprint density at radius 3 is 2.85 bits per heavy atom. The Hall–Kier alpha value is -2.31. The quantitative estimate of drug-likeness (QED) is 0.680. The summed E-state index contributed by atoms with van der Waals surface area (Å²) < 4.78 is 6.00. The van der Waals surface area contributed by atoms with Gasteiger partial charge >= 0.3 is 0 Å². The number of ether oxygens (including phenoxy) is 1. The van der Waals surface area contributed by atoms with Gasteiger partial charge in [-0.1, -0.05) is 54.5 Å². The molecule has 1 aliphatic rings. The summed E-state index contributed by atoms with van der Waals surface area (Å²) in [6.07, 6.45) is 4.54. The Morgan fingerprint density at radius 2 is 2.11 bits per heavy atom. The van der Waals surface area contributed by atoms with Crippen LogP contribution in [0.5, 0.6) is 5.75 Å². The molecule has 2 N–H and O–H groups in total. The second-order valence-electron chi connectivity index (χ2n) is 6.29. The molecule has 0 aliphatic heterocycles. The average molecular weight is 404 g/mol. The average Bonchev–Trinajstić information content (AvgIpc) is 3.15. The van der Waals surface area contributed by atoms with E-state index in [0.29, 0.717) is 9.47 Å². The second-order valence-corrected chi connectivity index (χ2v) is 8.49. The monoisotopic (exact) mass is 403 g/mol. The summed E-state index contributed by atoms with van der Waals surface area (Å²) in [5.41, 5.74) is 0.104. The maximum absolute atomic E-state index is 12.3. The number of nitrogens with one attached hydrogen (secondary N) is 2. The van der Waals surface area contributed by atoms with Gasteiger partial charge in [0, 0.05) is 0 Å². The fourth-order valence-corrected chi connectivity index (χ4v) is 4.60. The number of thioether (sulfide) groups is 1. The minimum Gasteiger partial charge on any atom is -0.495 e. The van der Waals surface area contributed by atoms with Crippen molar-refractivity contribution in [2.24, 2.45) is 0 Å². The summed E-state index contributed by atoms with van der Waals surface area (Å²) in [7, 11) is 1.61. The molecule has 9 heteroatoms. The molecule has 0 unspecified atom stereocenters. The van der Waals surface area contributed by atoms with Gasteiger partial charge in [-0.25, -0.2) is 0 Å². The minimum atomic E-state index is -0.701. The molecule has 2 aromatic rings. The number of benzene rings is 1. The van der Waals surface area contributed by atoms with Crippen LogP contribution in [-0.4, -0.2) is 34.5 Å². The smallest absolute Gasteiger partial charge is 0.231 e. The van der Waals surface area contributed by atoms with Crippen LogP contribution in [0.1, 0.15) is 32.1 Å². The molecule has 0 bridgehead atoms. The Labute approximate surface area is 166 Å². The number of hydrogen-bond donors (Lipinski definition) is 2. The summed E-state index contributed by atoms with van der Waals surface area (Å²) in [6.45, 7) is 0. The van der Waals surface area contributed by atoms with Crippen LogP contribution in [0.3, 0.4) is 0 Å². The van der Waals surface area contributed by atoms with Crippen molar-refractivity contribution in [1.82, 2.24) is 15.5 Å². The van der Waals surface area contributed by atoms with E-state index >= 15 is 0 Å². The van der Waals surface area contributed by atoms with Gasteiger partial charge in [-0.3, -0.25) is 4.79 Å². The lowest BCUT2D eigenvalue weighted by molar-refractivity contribution is -0.120. The molecule has 3 rings (SSSR count). The highest BCUT2D eigenvalue weighted by molar-refractivity contribution is 8.01. The summed E-state index contributed by atoms with van der Waals surface area (Å²) >= 11 is 2.69. The minimum absolute atomic E-state index is 0.141. The van der Waals surface area contributed by atoms with Crippen molar-refractivity contribution < 1.29 is 9.53 Å². The van der Waals surface area contributed by atoms with Crippen molar-refractivity contribution in [2.45, 2.75) is 42.0 Å². The fraction of sp³-hybridized carbons (Fsp3) is 0.444. The molecule has 1 fully saturated rings. The third kappa shape index (κ3) is 5.11. The maximum atomic E-state index is 12.3. The van der Waals surface area contributed by atoms with Crippen LogP contribution >= 0.6 is 23.1 Å². The Bertz CT molecular complexity index is 827. The van der Waals surface area contributed by atoms with E-state index in [4.69, 9.17) is 4.74 Å². The van der Waals surface area contributed by atoms with Crippen LogP contribution in [-0.2, 0) is 4.79 Å². The summed E-state index contributed by atoms with van der Waals surface area (Å²) in [5, 5.41) is 24.4. The van der Waals surface area contributed by atoms with Gasteiger partial charge in [0.1, 0.15) is 11.3 Å². The van der Waals surface area contributed by atoms with Crippen LogP contribution in [0, 0.1) is 11.3 Å². The first-order valence-corrected chi connectivity index (χ1v) is 10.5. The van der Waals surface area contributed by atoms with Gasteiger partial charge in [0.25, 0.3) is 0 Å². The van der Waals surface area contributed by atoms with Crippen LogP contribution in [0.25, 0.3) is 0 Å². The van der Waals surface area contributed by atoms with Gasteiger partial charge in [-0.05, 0) is 25.0 Å². The number of rotatable bonds is 7. The largest absolute Gasteiger partial charge is 0.495 e. The molecule has 7 nitrogen and oxygen atoms in total. The van der Waals surface area contributed by atoms with Crippen LogP contribution in [0.4, 0.5) is 10.8 Å². The van der Waals surface area contributed by atoms with Gasteiger partial charge < -0.3 is 15.4 Å². The van der Waals surface area contributed by atoms with Crippen molar-refractivity contribution in [3.63, 3.8) is 0 Å². The lowest BCUT2D eigenvalue weighted by Gasteiger charge is -2.31. The number of hydrogen-bond acceptors (Lipinski definition) is 8. The van der Waals surface area contributed by atoms with Gasteiger partial charge in [-0.15, -0.1) is 10.2 Å². The molecule has 1 aromatic heterocycles. The SMILES string of the molecule is COc1ccccc1Nc1nnc(SCC(=O)NC2(C#N)CCCCC2)s1. The molecule has 1 aliphatic carbocycles. The molecule has 27 heavy (non-hydrogen) atoms. The Balaban J connectivity index is 1.53. The molecular weight excluding hydrogens is 382 g/mol. The molecular formula is C18H21N5O2S2. The number of carbonyl (C=O) groups excluding carboxylic acids is 1. The van der Waals surface area contributed by atoms with Gasteiger partial charge in [-0.2, -0.15) is 5.26 Å². The van der Waals surface area contributed by atoms with E-state index in [1.165, 1.54) is 23.1 Å². The predicted octanol–water partition coefficient (Wildman–Crippen LogP) is 3.73. The van der Waals surface area contributed by atoms with Gasteiger partial charge in [0.2, 0.25) is 11.0 Å². The van der Waals surface area contributed by atoms with Gasteiger partial charge in [0.05, 0.1) is 24.6 Å². The van der Waals surface area contributed by atoms with Gasteiger partial charge in [0.15, 0.2) is 4.34 Å². The second kappa shape index (κ2) is 9.06. The first-order valence-electron chi connectivity index (χ1n) is 8.73. The number of aromatic nitrogens is 2. The number of methoxy groups -OCH3 is 1. The Morgan fingerprint density at radius 1 is 1.33 bits per heavy atom. The van der Waals surface area contributed by atoms with E-state index in [2.05, 4.69) is 26.9 Å². The van der Waals surface area contributed by atoms with Crippen LogP contribution < -0.4 is 15.4 Å². The van der Waals surface area contributed by atoms with E-state index < -0.39 is 5.54 Å². The number of anilines is 2. The number of nitrogens with zero attached hydrogens (tertiary/aromatic N) is 3. The molecule has 1 saturated carbocycles. The molecule has 1 aromatic carbocycles. The Kier molecular flexibility index (Phi) is 6.53. The topological polar surface area (TPSA) is 99.9 Å². The van der Waals surface area contributed by atoms with Crippen molar-refractivity contribution in [3.05, 3.63) is 24.3 Å². The first kappa shape index (κ1) is 19.5. The third-order valence-electron chi connectivity index (χ3n) is 4.38. The fourth-order valence-electron chi connectivity index (χ4n) is 3.03. The summed E-state index contributed by atoms with van der Waals surface area (Å²) in [5.74, 6) is 0.792. The molecule has 142 valence electrons. The van der Waals surface area contributed by atoms with E-state index in [1.54, 1.807) is 7.11 Å². The number of carbonyl (C=O) groups is 1. The van der Waals surface area contributed by atoms with Crippen LogP contribution in [0.2, 0.25) is 0 Å². The highest BCUT2D eigenvalue weighted by Gasteiger charge is 2.33. The molecule has 0 radical (unpaired) electrons. The third-order valence-corrected chi connectivity index (χ3v) is 6.35. The molecule has 1 heterocycles. The molecule has 1 amide bonds. The lowest BCUT2D eigenvalue weighted by Crippen LogP contribution is -2.49. The zero-order chi connectivity index (χ0) is 19.1. The predicted molar refractivity (Wildman–Crippen MR) is 106 cm³/mol. The van der Waals surface area contributed by atoms with Crippen molar-refractivity contribution >= 4 is 39.8 Å². The first-order chi connectivity index (χ1) is 13.1. The van der Waals surface area contributed by atoms with E-state index in [9.17, 15) is 10.1 Å². The standard InChI is InChI=1S/C18H21N5O2S2/c1-25-14-8-4-3-7-13(14)20-16-22-23-17(27-16)26-11-15(24)21-18(12-19)9-5-2-6-10-18/h3-4,7-8H,2,5-6,9-11H2,1H3,(H,20,22)(H,21,24). The molecule has 0 saturated heterocycles. The zero-order valence-electron chi connectivity index (χ0n) is 15.0. The van der Waals surface area contributed by atoms with E-state index in [0.717, 1.165) is 43.5 Å². The summed E-state index contributed by atoms with van der Waals surface area (Å²) in [4.78, 5) is 12.3. The highest BCUT2D eigenvalue weighted by atomic mass is 32.2. The van der Waals surface area contributed by atoms with Crippen molar-refractivity contribution in [2.75, 3.05) is 18.2 Å². The number of para-hydroxylation sites is 2. The van der Waals surface area contributed by atoms with E-state index in [-0.39, 0.29) is 11.7 Å². The lowest BCUT2D eigenvalue weighted by atomic mass is 9.83. The van der Waals surface area contributed by atoms with E-state index in [1.807, 2.05) is 24.3 Å². The van der Waals surface area contributed by atoms with Crippen LogP contribution in [0.15, 0.2) is 28.6 Å². The zero-order valence-corrected chi connectivity index (χ0v) is 16.7. The highest BCUT2D eigenvalue weighted by Crippen LogP contribution is 2.32. The van der Waals surface area contributed by atoms with Crippen molar-refractivity contribution in [1.29, 1.82) is 5.26 Å². The molecule has 0 atom stereocenters. The van der Waals surface area contributed by atoms with Crippen molar-refractivity contribution in [3.8, 4) is 11.8 Å². The summed E-state index contributed by atoms with van der Waals surface area (Å²) in [6, 6.07) is 9.85.